The van der Waals surface area contributed by atoms with Gasteiger partial charge in [0.2, 0.25) is 0 Å². The molecule has 2 aliphatic rings. The minimum Gasteiger partial charge on any atom is -0.495 e. The summed E-state index contributed by atoms with van der Waals surface area (Å²) >= 11 is 0. The molecule has 1 N–H and O–H groups in total. The van der Waals surface area contributed by atoms with E-state index in [1.165, 1.54) is 12.1 Å². The molecule has 1 aliphatic heterocycles. The minimum atomic E-state index is -0.855. The zero-order valence-corrected chi connectivity index (χ0v) is 17.2. The summed E-state index contributed by atoms with van der Waals surface area (Å²) in [5.41, 5.74) is 1.15. The number of methoxy groups -OCH3 is 1. The van der Waals surface area contributed by atoms with E-state index in [0.29, 0.717) is 0 Å². The number of hydrogen-bond donors (Lipinski definition) is 1. The van der Waals surface area contributed by atoms with Gasteiger partial charge in [-0.2, -0.15) is 0 Å². The maximum Gasteiger partial charge on any atom is 0.142 e. The molecule has 1 saturated heterocycles. The minimum absolute atomic E-state index is 0.180. The fraction of sp³-hybridized carbons (Fsp3) is 0.500. The van der Waals surface area contributed by atoms with Gasteiger partial charge in [-0.25, -0.2) is 4.39 Å². The van der Waals surface area contributed by atoms with Crippen molar-refractivity contribution in [3.8, 4) is 5.75 Å². The molecule has 0 bridgehead atoms. The van der Waals surface area contributed by atoms with E-state index in [-0.39, 0.29) is 11.7 Å². The lowest BCUT2D eigenvalue weighted by atomic mass is 9.71. The number of halogens is 1. The number of benzene rings is 2. The fourth-order valence-electron chi connectivity index (χ4n) is 4.96. The summed E-state index contributed by atoms with van der Waals surface area (Å²) in [4.78, 5) is 4.85. The summed E-state index contributed by atoms with van der Waals surface area (Å²) in [7, 11) is 1.72. The van der Waals surface area contributed by atoms with Gasteiger partial charge in [0.15, 0.2) is 0 Å². The van der Waals surface area contributed by atoms with Gasteiger partial charge in [0.1, 0.15) is 11.6 Å². The smallest absolute Gasteiger partial charge is 0.142 e. The van der Waals surface area contributed by atoms with E-state index in [4.69, 9.17) is 4.74 Å². The van der Waals surface area contributed by atoms with E-state index in [1.807, 2.05) is 12.1 Å². The molecule has 156 valence electrons. The van der Waals surface area contributed by atoms with Gasteiger partial charge < -0.3 is 14.7 Å². The van der Waals surface area contributed by atoms with E-state index in [9.17, 15) is 9.50 Å². The van der Waals surface area contributed by atoms with Crippen LogP contribution in [0.5, 0.6) is 5.75 Å². The van der Waals surface area contributed by atoms with Crippen LogP contribution in [-0.2, 0) is 5.60 Å². The molecular formula is C24H31FN2O2. The largest absolute Gasteiger partial charge is 0.495 e. The van der Waals surface area contributed by atoms with E-state index in [2.05, 4.69) is 21.9 Å². The number of hydrogen-bond acceptors (Lipinski definition) is 4. The van der Waals surface area contributed by atoms with Crippen molar-refractivity contribution < 1.29 is 14.2 Å². The van der Waals surface area contributed by atoms with Crippen molar-refractivity contribution in [1.82, 2.24) is 4.90 Å². The molecule has 2 aromatic rings. The van der Waals surface area contributed by atoms with Crippen molar-refractivity contribution in [1.29, 1.82) is 0 Å². The van der Waals surface area contributed by atoms with E-state index >= 15 is 0 Å². The van der Waals surface area contributed by atoms with Gasteiger partial charge in [0.25, 0.3) is 0 Å². The quantitative estimate of drug-likeness (QED) is 0.825. The zero-order valence-electron chi connectivity index (χ0n) is 17.2. The maximum absolute atomic E-state index is 13.4. The molecule has 2 unspecified atom stereocenters. The Balaban J connectivity index is 1.42. The van der Waals surface area contributed by atoms with Gasteiger partial charge >= 0.3 is 0 Å². The molecule has 5 heteroatoms. The molecule has 1 heterocycles. The van der Waals surface area contributed by atoms with Gasteiger partial charge in [0.05, 0.1) is 18.4 Å². The molecule has 0 amide bonds. The monoisotopic (exact) mass is 398 g/mol. The van der Waals surface area contributed by atoms with Crippen LogP contribution in [0, 0.1) is 11.7 Å². The summed E-state index contributed by atoms with van der Waals surface area (Å²) in [6, 6.07) is 14.6. The van der Waals surface area contributed by atoms with Crippen molar-refractivity contribution in [3.63, 3.8) is 0 Å². The lowest BCUT2D eigenvalue weighted by Gasteiger charge is -2.44. The molecule has 2 aromatic carbocycles. The van der Waals surface area contributed by atoms with E-state index in [1.54, 1.807) is 19.2 Å². The summed E-state index contributed by atoms with van der Waals surface area (Å²) < 4.78 is 18.9. The molecule has 2 atom stereocenters. The van der Waals surface area contributed by atoms with Gasteiger partial charge in [0, 0.05) is 38.6 Å². The van der Waals surface area contributed by atoms with Gasteiger partial charge in [-0.15, -0.1) is 0 Å². The van der Waals surface area contributed by atoms with Crippen LogP contribution in [-0.4, -0.2) is 49.8 Å². The van der Waals surface area contributed by atoms with Crippen LogP contribution < -0.4 is 9.64 Å². The number of aliphatic hydroxyl groups is 1. The second-order valence-corrected chi connectivity index (χ2v) is 8.33. The lowest BCUT2D eigenvalue weighted by molar-refractivity contribution is -0.0660. The fourth-order valence-corrected chi connectivity index (χ4v) is 4.96. The standard InChI is InChI=1S/C24H31FN2O2/c1-29-23-8-3-2-7-22(23)27-16-14-26(15-17-27)18-20-6-4-5-13-24(20,28)19-9-11-21(25)12-10-19/h2-3,7-12,20,28H,4-6,13-18H2,1H3. The number of nitrogens with zero attached hydrogens (tertiary/aromatic N) is 2. The highest BCUT2D eigenvalue weighted by Crippen LogP contribution is 2.42. The van der Waals surface area contributed by atoms with Crippen LogP contribution in [0.4, 0.5) is 10.1 Å². The third-order valence-electron chi connectivity index (χ3n) is 6.66. The molecule has 4 rings (SSSR count). The Hall–Kier alpha value is -2.11. The van der Waals surface area contributed by atoms with Crippen molar-refractivity contribution in [2.24, 2.45) is 5.92 Å². The van der Waals surface area contributed by atoms with Crippen LogP contribution in [0.15, 0.2) is 48.5 Å². The van der Waals surface area contributed by atoms with Crippen LogP contribution in [0.3, 0.4) is 0 Å². The van der Waals surface area contributed by atoms with Gasteiger partial charge in [-0.1, -0.05) is 37.1 Å². The molecule has 1 aliphatic carbocycles. The summed E-state index contributed by atoms with van der Waals surface area (Å²) in [5, 5.41) is 11.5. The second-order valence-electron chi connectivity index (χ2n) is 8.33. The average molecular weight is 399 g/mol. The normalized spacial score (nSPS) is 25.8. The van der Waals surface area contributed by atoms with Crippen molar-refractivity contribution in [3.05, 3.63) is 59.9 Å². The van der Waals surface area contributed by atoms with Crippen molar-refractivity contribution in [2.75, 3.05) is 44.7 Å². The van der Waals surface area contributed by atoms with Gasteiger partial charge in [-0.3, -0.25) is 4.90 Å². The SMILES string of the molecule is COc1ccccc1N1CCN(CC2CCCCC2(O)c2ccc(F)cc2)CC1. The predicted octanol–water partition coefficient (Wildman–Crippen LogP) is 4.03. The van der Waals surface area contributed by atoms with Gasteiger partial charge in [-0.05, 0) is 42.7 Å². The maximum atomic E-state index is 13.4. The Morgan fingerprint density at radius 3 is 2.48 bits per heavy atom. The number of rotatable bonds is 5. The Labute approximate surface area is 172 Å². The van der Waals surface area contributed by atoms with Crippen LogP contribution in [0.2, 0.25) is 0 Å². The first-order chi connectivity index (χ1) is 14.1. The highest BCUT2D eigenvalue weighted by atomic mass is 19.1. The summed E-state index contributed by atoms with van der Waals surface area (Å²) in [5.74, 6) is 0.843. The van der Waals surface area contributed by atoms with Crippen LogP contribution in [0.25, 0.3) is 0 Å². The Kier molecular flexibility index (Phi) is 6.07. The molecule has 4 nitrogen and oxygen atoms in total. The highest BCUT2D eigenvalue weighted by Gasteiger charge is 2.41. The first-order valence-corrected chi connectivity index (χ1v) is 10.7. The molecule has 2 fully saturated rings. The van der Waals surface area contributed by atoms with Crippen LogP contribution in [0.1, 0.15) is 31.2 Å². The van der Waals surface area contributed by atoms with Crippen molar-refractivity contribution >= 4 is 5.69 Å². The Morgan fingerprint density at radius 2 is 1.76 bits per heavy atom. The second kappa shape index (κ2) is 8.72. The Morgan fingerprint density at radius 1 is 1.03 bits per heavy atom. The molecule has 0 aromatic heterocycles. The van der Waals surface area contributed by atoms with E-state index < -0.39 is 5.60 Å². The third kappa shape index (κ3) is 4.26. The van der Waals surface area contributed by atoms with Crippen molar-refractivity contribution in [2.45, 2.75) is 31.3 Å². The summed E-state index contributed by atoms with van der Waals surface area (Å²) in [6.45, 7) is 4.71. The van der Waals surface area contributed by atoms with E-state index in [0.717, 1.165) is 75.4 Å². The first-order valence-electron chi connectivity index (χ1n) is 10.7. The molecule has 0 spiro atoms. The zero-order chi connectivity index (χ0) is 20.3. The number of piperazine rings is 1. The number of para-hydroxylation sites is 2. The first kappa shape index (κ1) is 20.2. The topological polar surface area (TPSA) is 35.9 Å². The lowest BCUT2D eigenvalue weighted by Crippen LogP contribution is -2.51. The number of ether oxygens (including phenoxy) is 1. The molecule has 1 saturated carbocycles. The number of anilines is 1. The molecule has 29 heavy (non-hydrogen) atoms. The average Bonchev–Trinajstić information content (AvgIpc) is 2.76. The Bertz CT molecular complexity index is 805. The summed E-state index contributed by atoms with van der Waals surface area (Å²) in [6.07, 6.45) is 3.94. The molecule has 0 radical (unpaired) electrons. The molecular weight excluding hydrogens is 367 g/mol. The van der Waals surface area contributed by atoms with Crippen LogP contribution >= 0.6 is 0 Å². The highest BCUT2D eigenvalue weighted by molar-refractivity contribution is 5.58. The predicted molar refractivity (Wildman–Crippen MR) is 114 cm³/mol. The third-order valence-corrected chi connectivity index (χ3v) is 6.66.